The number of carbonyl (C=O) groups is 3. The van der Waals surface area contributed by atoms with Gasteiger partial charge in [0.1, 0.15) is 22.7 Å². The second-order valence-electron chi connectivity index (χ2n) is 15.4. The van der Waals surface area contributed by atoms with E-state index in [1.807, 2.05) is 74.5 Å². The molecule has 11 nitrogen and oxygen atoms in total. The van der Waals surface area contributed by atoms with Crippen LogP contribution in [0.4, 0.5) is 11.4 Å². The number of anilines is 2. The first-order chi connectivity index (χ1) is 28.9. The zero-order chi connectivity index (χ0) is 42.1. The van der Waals surface area contributed by atoms with Crippen LogP contribution in [0.1, 0.15) is 78.7 Å². The predicted molar refractivity (Wildman–Crippen MR) is 241 cm³/mol. The van der Waals surface area contributed by atoms with Crippen molar-refractivity contribution in [1.29, 1.82) is 0 Å². The van der Waals surface area contributed by atoms with Crippen LogP contribution in [-0.2, 0) is 4.74 Å². The zero-order valence-corrected chi connectivity index (χ0v) is 34.6. The predicted octanol–water partition coefficient (Wildman–Crippen LogP) is 11.2. The summed E-state index contributed by atoms with van der Waals surface area (Å²) in [5.41, 5.74) is 7.75. The zero-order valence-electron chi connectivity index (χ0n) is 33.1. The number of phenols is 2. The van der Waals surface area contributed by atoms with Gasteiger partial charge in [-0.2, -0.15) is 0 Å². The van der Waals surface area contributed by atoms with Crippen molar-refractivity contribution in [2.45, 2.75) is 40.0 Å². The molecule has 10 rings (SSSR count). The van der Waals surface area contributed by atoms with Gasteiger partial charge in [-0.15, -0.1) is 23.2 Å². The molecule has 0 bridgehead atoms. The third-order valence-corrected chi connectivity index (χ3v) is 12.3. The minimum absolute atomic E-state index is 0. The Balaban J connectivity index is 0.000000167. The normalized spacial score (nSPS) is 15.5. The Kier molecular flexibility index (Phi) is 10.8. The lowest BCUT2D eigenvalue weighted by atomic mass is 9.95. The Hall–Kier alpha value is -6.43. The van der Waals surface area contributed by atoms with Crippen LogP contribution in [0.25, 0.3) is 43.6 Å². The van der Waals surface area contributed by atoms with Crippen LogP contribution in [0.3, 0.4) is 0 Å². The number of aromatic amines is 1. The van der Waals surface area contributed by atoms with Crippen molar-refractivity contribution in [1.82, 2.24) is 4.98 Å². The fraction of sp³-hybridized carbons (Fsp3) is 0.229. The number of phenolic OH excluding ortho intramolecular Hbond substituents is 2. The summed E-state index contributed by atoms with van der Waals surface area (Å²) in [6.07, 6.45) is 0. The number of methoxy groups -OCH3 is 1. The summed E-state index contributed by atoms with van der Waals surface area (Å²) in [7, 11) is 1.31. The number of H-pyrrole nitrogens is 1. The van der Waals surface area contributed by atoms with Gasteiger partial charge in [-0.25, -0.2) is 4.79 Å². The fourth-order valence-electron chi connectivity index (χ4n) is 8.76. The van der Waals surface area contributed by atoms with E-state index in [4.69, 9.17) is 36.8 Å². The minimum Gasteiger partial charge on any atom is -0.507 e. The number of alkyl halides is 2. The number of rotatable bonds is 5. The maximum absolute atomic E-state index is 13.5. The molecule has 8 aromatic rings. The third-order valence-electron chi connectivity index (χ3n) is 11.5. The number of halogens is 2. The van der Waals surface area contributed by atoms with E-state index >= 15 is 0 Å². The van der Waals surface area contributed by atoms with Crippen molar-refractivity contribution in [3.05, 3.63) is 130 Å². The minimum atomic E-state index is -0.521. The van der Waals surface area contributed by atoms with E-state index in [1.54, 1.807) is 34.9 Å². The molecule has 0 unspecified atom stereocenters. The molecule has 61 heavy (non-hydrogen) atoms. The van der Waals surface area contributed by atoms with E-state index in [1.165, 1.54) is 13.2 Å². The first kappa shape index (κ1) is 41.3. The maximum Gasteiger partial charge on any atom is 0.340 e. The van der Waals surface area contributed by atoms with E-state index in [2.05, 4.69) is 4.98 Å². The summed E-state index contributed by atoms with van der Waals surface area (Å²) in [4.78, 5) is 45.6. The monoisotopic (exact) mass is 859 g/mol. The van der Waals surface area contributed by atoms with Gasteiger partial charge in [0.2, 0.25) is 0 Å². The highest BCUT2D eigenvalue weighted by molar-refractivity contribution is 6.20. The number of carbonyl (C=O) groups excluding carboxylic acids is 3. The van der Waals surface area contributed by atoms with Gasteiger partial charge in [-0.3, -0.25) is 9.59 Å². The number of furan rings is 2. The molecule has 0 fully saturated rings. The number of aryl methyl sites for hydroxylation is 3. The first-order valence-electron chi connectivity index (χ1n) is 19.4. The number of nitrogens with one attached hydrogen (secondary N) is 1. The topological polar surface area (TPSA) is 149 Å². The number of aromatic hydroxyl groups is 2. The molecule has 5 aromatic carbocycles. The number of fused-ring (bicyclic) bond motifs is 8. The lowest BCUT2D eigenvalue weighted by molar-refractivity contribution is 0.0601. The summed E-state index contributed by atoms with van der Waals surface area (Å²) in [6.45, 7) is 6.48. The lowest BCUT2D eigenvalue weighted by Crippen LogP contribution is -2.29. The van der Waals surface area contributed by atoms with Gasteiger partial charge in [0.05, 0.1) is 29.6 Å². The van der Waals surface area contributed by atoms with Crippen LogP contribution < -0.4 is 9.80 Å². The molecule has 5 heterocycles. The van der Waals surface area contributed by atoms with E-state index in [9.17, 15) is 24.6 Å². The van der Waals surface area contributed by atoms with Gasteiger partial charge in [0.15, 0.2) is 11.5 Å². The summed E-state index contributed by atoms with van der Waals surface area (Å²) >= 11 is 12.5. The van der Waals surface area contributed by atoms with Gasteiger partial charge < -0.3 is 38.6 Å². The molecule has 0 saturated heterocycles. The van der Waals surface area contributed by atoms with E-state index in [0.717, 1.165) is 43.8 Å². The number of ether oxygens (including phenoxy) is 1. The smallest absolute Gasteiger partial charge is 0.340 e. The van der Waals surface area contributed by atoms with Crippen LogP contribution in [0.15, 0.2) is 93.8 Å². The Labute approximate surface area is 361 Å². The molecular formula is C48H43Cl2N3O8. The number of hydrogen-bond donors (Lipinski definition) is 3. The van der Waals surface area contributed by atoms with Crippen LogP contribution in [0.2, 0.25) is 0 Å². The van der Waals surface area contributed by atoms with Crippen molar-refractivity contribution in [2.75, 3.05) is 41.8 Å². The molecule has 0 spiro atoms. The van der Waals surface area contributed by atoms with Crippen molar-refractivity contribution in [3.63, 3.8) is 0 Å². The first-order valence-corrected chi connectivity index (χ1v) is 20.4. The summed E-state index contributed by atoms with van der Waals surface area (Å²) in [5, 5.41) is 25.2. The molecule has 2 aliphatic heterocycles. The number of nitrogens with zero attached hydrogens (tertiary/aromatic N) is 2. The number of benzene rings is 5. The highest BCUT2D eigenvalue weighted by atomic mass is 35.5. The Bertz CT molecular complexity index is 3070. The number of esters is 1. The van der Waals surface area contributed by atoms with E-state index < -0.39 is 5.97 Å². The van der Waals surface area contributed by atoms with Crippen LogP contribution in [0, 0.1) is 20.8 Å². The SMILES string of the molecule is C.COC(=O)c1c(C)[nH]c2c(O)cc3c(c12)[C@H](CCl)CN3C(=O)c1cc2cc(C)ccc2o1.Cc1ccc2oc(C(=O)N3C[C@@H](CCl)c4c3cc(O)c3ccccc43)cc2c1. The van der Waals surface area contributed by atoms with Gasteiger partial charge in [-0.1, -0.05) is 55.0 Å². The number of hydrogen-bond acceptors (Lipinski definition) is 8. The van der Waals surface area contributed by atoms with Gasteiger partial charge >= 0.3 is 5.97 Å². The highest BCUT2D eigenvalue weighted by Crippen LogP contribution is 2.48. The van der Waals surface area contributed by atoms with Crippen LogP contribution in [0.5, 0.6) is 11.5 Å². The van der Waals surface area contributed by atoms with E-state index in [0.29, 0.717) is 63.7 Å². The van der Waals surface area contributed by atoms with Gasteiger partial charge in [0, 0.05) is 76.1 Å². The molecule has 0 saturated carbocycles. The summed E-state index contributed by atoms with van der Waals surface area (Å²) < 4.78 is 16.6. The van der Waals surface area contributed by atoms with Crippen LogP contribution >= 0.6 is 23.2 Å². The molecule has 2 aliphatic rings. The van der Waals surface area contributed by atoms with E-state index in [-0.39, 0.29) is 60.0 Å². The Morgan fingerprint density at radius 1 is 0.721 bits per heavy atom. The summed E-state index contributed by atoms with van der Waals surface area (Å²) in [5.74, 6) is -0.108. The average molecular weight is 861 g/mol. The molecule has 13 heteroatoms. The number of aromatic nitrogens is 1. The molecule has 2 amide bonds. The van der Waals surface area contributed by atoms with Crippen molar-refractivity contribution in [3.8, 4) is 11.5 Å². The highest BCUT2D eigenvalue weighted by Gasteiger charge is 2.39. The molecule has 2 atom stereocenters. The largest absolute Gasteiger partial charge is 0.507 e. The standard InChI is InChI=1S/C24H21ClN2O5.C23H18ClNO3.CH4/c1-11-4-5-17-13(6-11)7-18(32-17)23(29)27-10-14(9-25)20-15(27)8-16(28)22-21(20)19(12(2)26-22)24(30)31-3;1-13-6-7-20-14(8-13)9-21(28-20)23(27)25-12-15(11-24)22-17-5-3-2-4-16(17)19(26)10-18(22)25;/h4-8,14,26,28H,9-10H2,1-3H3;2-10,15,26H,11-12H2,1H3;1H4/t14-;15-;/m11./s1. The van der Waals surface area contributed by atoms with Crippen molar-refractivity contribution in [2.24, 2.45) is 0 Å². The Morgan fingerprint density at radius 2 is 1.23 bits per heavy atom. The second-order valence-corrected chi connectivity index (χ2v) is 16.0. The summed E-state index contributed by atoms with van der Waals surface area (Å²) in [6, 6.07) is 25.9. The molecule has 3 aromatic heterocycles. The Morgan fingerprint density at radius 3 is 1.77 bits per heavy atom. The second kappa shape index (κ2) is 15.9. The fourth-order valence-corrected chi connectivity index (χ4v) is 9.27. The third kappa shape index (κ3) is 6.82. The van der Waals surface area contributed by atoms with Gasteiger partial charge in [-0.05, 0) is 73.7 Å². The molecule has 312 valence electrons. The lowest BCUT2D eigenvalue weighted by Gasteiger charge is -2.17. The number of amides is 2. The average Bonchev–Trinajstić information content (AvgIpc) is 4.08. The molecule has 0 aliphatic carbocycles. The van der Waals surface area contributed by atoms with Crippen molar-refractivity contribution >= 4 is 96.0 Å². The van der Waals surface area contributed by atoms with Crippen molar-refractivity contribution < 1.29 is 38.2 Å². The van der Waals surface area contributed by atoms with Gasteiger partial charge in [0.25, 0.3) is 11.8 Å². The van der Waals surface area contributed by atoms with Crippen LogP contribution in [-0.4, -0.2) is 64.9 Å². The molecule has 0 radical (unpaired) electrons. The molecule has 3 N–H and O–H groups in total. The maximum atomic E-state index is 13.5. The molecular weight excluding hydrogens is 817 g/mol. The quantitative estimate of drug-likeness (QED) is 0.114.